The average Bonchev–Trinajstić information content (AvgIpc) is 3.29. The van der Waals surface area contributed by atoms with Crippen molar-refractivity contribution in [3.8, 4) is 0 Å². The number of carbonyl (C=O) groups excluding carboxylic acids is 3. The van der Waals surface area contributed by atoms with Gasteiger partial charge in [0.05, 0.1) is 15.3 Å². The van der Waals surface area contributed by atoms with E-state index in [1.807, 2.05) is 52.0 Å². The molecule has 372 valence electrons. The van der Waals surface area contributed by atoms with Crippen LogP contribution in [0.25, 0.3) is 0 Å². The van der Waals surface area contributed by atoms with E-state index in [0.29, 0.717) is 52.1 Å². The molecule has 5 rings (SSSR count). The summed E-state index contributed by atoms with van der Waals surface area (Å²) in [4.78, 5) is 66.9. The normalized spacial score (nSPS) is 10.9. The van der Waals surface area contributed by atoms with E-state index in [1.165, 1.54) is 26.0 Å². The quantitative estimate of drug-likeness (QED) is 0.0452. The van der Waals surface area contributed by atoms with Crippen molar-refractivity contribution in [3.05, 3.63) is 202 Å². The summed E-state index contributed by atoms with van der Waals surface area (Å²) in [6.45, 7) is 11.7. The van der Waals surface area contributed by atoms with Gasteiger partial charge in [-0.15, -0.1) is 0 Å². The van der Waals surface area contributed by atoms with Gasteiger partial charge in [0, 0.05) is 59.5 Å². The van der Waals surface area contributed by atoms with Crippen LogP contribution >= 0.6 is 14.3 Å². The summed E-state index contributed by atoms with van der Waals surface area (Å²) in [6, 6.07) is 39.8. The van der Waals surface area contributed by atoms with Crippen LogP contribution in [-0.2, 0) is 23.5 Å². The molecule has 0 unspecified atom stereocenters. The van der Waals surface area contributed by atoms with E-state index in [9.17, 15) is 14.4 Å². The van der Waals surface area contributed by atoms with Gasteiger partial charge in [0.2, 0.25) is 23.2 Å². The van der Waals surface area contributed by atoms with Crippen LogP contribution in [0, 0.1) is 101 Å². The summed E-state index contributed by atoms with van der Waals surface area (Å²) < 4.78 is 32.5. The van der Waals surface area contributed by atoms with E-state index in [2.05, 4.69) is 0 Å². The Morgan fingerprint density at radius 1 is 0.478 bits per heavy atom. The van der Waals surface area contributed by atoms with Crippen LogP contribution in [0.1, 0.15) is 64.2 Å². The molecule has 5 aromatic rings. The molecule has 0 bridgehead atoms. The number of nitrogens with zero attached hydrogens (tertiary/aromatic N) is 6. The van der Waals surface area contributed by atoms with Crippen LogP contribution in [-0.4, -0.2) is 74.3 Å². The van der Waals surface area contributed by atoms with Crippen molar-refractivity contribution in [3.63, 3.8) is 0 Å². The van der Waals surface area contributed by atoms with Crippen molar-refractivity contribution in [1.82, 2.24) is 9.80 Å². The summed E-state index contributed by atoms with van der Waals surface area (Å²) >= 11 is 0. The third-order valence-corrected chi connectivity index (χ3v) is 16.2. The molecule has 25 heteroatoms. The van der Waals surface area contributed by atoms with Gasteiger partial charge in [0.1, 0.15) is 5.78 Å². The SMILES string of the molecule is CC(C)=O.CCN(CC)C(=O)[C@H](c1cccc([C@H](C(=O)N(CC)CC)P(=O)(c2ccccc2)c2ccccc2)[n+]1[O-])P(=O)(c1ccccc1)c1ccccc1.O.O=[N+]([O-])[O-].O=[N+]([O-])[O-].O=[N+]([O-])[O-].[Eu+3]. The van der Waals surface area contributed by atoms with Crippen LogP contribution in [0.2, 0.25) is 0 Å². The van der Waals surface area contributed by atoms with E-state index in [0.717, 1.165) is 0 Å². The van der Waals surface area contributed by atoms with E-state index in [-0.39, 0.29) is 72.0 Å². The summed E-state index contributed by atoms with van der Waals surface area (Å²) in [5.41, 5.74) is -3.05. The Hall–Kier alpha value is -5.96. The van der Waals surface area contributed by atoms with E-state index in [1.54, 1.807) is 113 Å². The number of Topliss-reactive ketones (excluding diaryl/α,β-unsaturated/α-hetero) is 1. The zero-order valence-electron chi connectivity index (χ0n) is 38.3. The third kappa shape index (κ3) is 19.2. The van der Waals surface area contributed by atoms with Gasteiger partial charge in [-0.1, -0.05) is 121 Å². The Morgan fingerprint density at radius 2 is 0.667 bits per heavy atom. The van der Waals surface area contributed by atoms with Gasteiger partial charge < -0.3 is 80.4 Å². The molecule has 0 aliphatic rings. The van der Waals surface area contributed by atoms with Crippen molar-refractivity contribution in [2.45, 2.75) is 52.9 Å². The molecule has 0 fully saturated rings. The number of likely N-dealkylation sites (N-methyl/N-ethyl adjacent to an activating group) is 2. The number of aromatic nitrogens is 1. The Labute approximate surface area is 439 Å². The number of ketones is 1. The van der Waals surface area contributed by atoms with Crippen LogP contribution in [0.3, 0.4) is 0 Å². The Kier molecular flexibility index (Phi) is 30.9. The molecule has 1 heterocycles. The smallest absolute Gasteiger partial charge is 0.618 e. The largest absolute Gasteiger partial charge is 3.00 e. The maximum atomic E-state index is 16.0. The third-order valence-electron chi connectivity index (χ3n) is 9.47. The van der Waals surface area contributed by atoms with E-state index in [4.69, 9.17) is 46.0 Å². The second-order valence-electron chi connectivity index (χ2n) is 13.7. The van der Waals surface area contributed by atoms with Gasteiger partial charge in [-0.3, -0.25) is 9.59 Å². The van der Waals surface area contributed by atoms with Gasteiger partial charge >= 0.3 is 49.4 Å². The van der Waals surface area contributed by atoms with Crippen LogP contribution in [0.5, 0.6) is 0 Å². The molecule has 0 radical (unpaired) electrons. The number of amides is 2. The van der Waals surface area contributed by atoms with Crippen molar-refractivity contribution in [1.29, 1.82) is 0 Å². The van der Waals surface area contributed by atoms with Crippen LogP contribution < -0.4 is 25.9 Å². The fourth-order valence-electron chi connectivity index (χ4n) is 6.78. The van der Waals surface area contributed by atoms with Crippen molar-refractivity contribution in [2.24, 2.45) is 0 Å². The second-order valence-corrected chi connectivity index (χ2v) is 19.5. The van der Waals surface area contributed by atoms with Crippen LogP contribution in [0.4, 0.5) is 0 Å². The summed E-state index contributed by atoms with van der Waals surface area (Å²) in [5, 5.41) is 61.1. The molecule has 0 spiro atoms. The molecule has 0 saturated heterocycles. The van der Waals surface area contributed by atoms with Crippen molar-refractivity contribution >= 4 is 53.1 Å². The molecule has 0 aliphatic heterocycles. The first-order valence-electron chi connectivity index (χ1n) is 20.2. The standard InChI is InChI=1S/C41H45N3O5P2.C3H6O.Eu.3NO3.H2O/c1-5-42(6-2)40(45)38(50(48,32-22-13-9-14-23-32)33-24-15-10-16-25-33)36-30-21-31-37(44(36)47)39(41(46)43(7-3)8-4)51(49,34-26-17-11-18-27-34)35-28-19-12-20-29-35;1-3(2)4;;3*2-1(3)4;/h9-31,38-39H,5-8H2,1-4H3;1-2H3;;;;;1H2/q;;+3;3*-1;/t38-,39+;;;;;;. The van der Waals surface area contributed by atoms with Gasteiger partial charge in [0.15, 0.2) is 25.6 Å². The number of hydrogen-bond donors (Lipinski definition) is 0. The second kappa shape index (κ2) is 32.7. The predicted octanol–water partition coefficient (Wildman–Crippen LogP) is 5.22. The van der Waals surface area contributed by atoms with Crippen LogP contribution in [0.15, 0.2) is 140 Å². The van der Waals surface area contributed by atoms with Gasteiger partial charge in [-0.2, -0.15) is 4.73 Å². The molecule has 69 heavy (non-hydrogen) atoms. The fourth-order valence-corrected chi connectivity index (χ4v) is 13.1. The molecule has 2 N–H and O–H groups in total. The number of pyridine rings is 1. The minimum Gasteiger partial charge on any atom is -0.618 e. The average molecular weight is 1140 g/mol. The summed E-state index contributed by atoms with van der Waals surface area (Å²) in [5.74, 6) is -0.780. The minimum atomic E-state index is -3.96. The first-order chi connectivity index (χ1) is 31.6. The Balaban J connectivity index is 0. The molecule has 0 saturated carbocycles. The number of carbonyl (C=O) groups is 3. The maximum absolute atomic E-state index is 16.0. The summed E-state index contributed by atoms with van der Waals surface area (Å²) in [7, 11) is -7.91. The number of benzene rings is 4. The zero-order chi connectivity index (χ0) is 50.9. The van der Waals surface area contributed by atoms with Gasteiger partial charge in [-0.05, 0) is 47.6 Å². The first-order valence-corrected chi connectivity index (χ1v) is 23.8. The monoisotopic (exact) mass is 1140 g/mol. The molecule has 2 amide bonds. The predicted molar refractivity (Wildman–Crippen MR) is 257 cm³/mol. The maximum Gasteiger partial charge on any atom is 3.00 e. The topological polar surface area (TPSA) is 349 Å². The van der Waals surface area contributed by atoms with E-state index >= 15 is 14.3 Å². The van der Waals surface area contributed by atoms with Gasteiger partial charge in [0.25, 0.3) is 0 Å². The van der Waals surface area contributed by atoms with Crippen molar-refractivity contribution < 1.29 is 98.4 Å². The number of rotatable bonds is 14. The molecule has 22 nitrogen and oxygen atoms in total. The molecule has 0 aliphatic carbocycles. The molecular weight excluding hydrogens is 1080 g/mol. The Bertz CT molecular complexity index is 2180. The van der Waals surface area contributed by atoms with Crippen molar-refractivity contribution in [2.75, 3.05) is 26.2 Å². The molecule has 1 aromatic heterocycles. The summed E-state index contributed by atoms with van der Waals surface area (Å²) in [6.07, 6.45) is 0. The number of hydrogen-bond acceptors (Lipinski definition) is 15. The minimum absolute atomic E-state index is 0. The van der Waals surface area contributed by atoms with Gasteiger partial charge in [-0.25, -0.2) is 0 Å². The van der Waals surface area contributed by atoms with E-state index < -0.39 is 52.7 Å². The Morgan fingerprint density at radius 3 is 0.841 bits per heavy atom. The molecule has 2 atom stereocenters. The fraction of sp³-hybridized carbons (Fsp3) is 0.273. The first kappa shape index (κ1) is 65.1. The molecular formula is C44H53EuN6O16P2. The zero-order valence-corrected chi connectivity index (χ0v) is 42.6. The molecule has 4 aromatic carbocycles.